The Morgan fingerprint density at radius 3 is 2.62 bits per heavy atom. The molecule has 0 radical (unpaired) electrons. The van der Waals surface area contributed by atoms with E-state index < -0.39 is 26.2 Å². The molecule has 1 aliphatic rings. The largest absolute Gasteiger partial charge is 0.474 e. The van der Waals surface area contributed by atoms with Gasteiger partial charge in [-0.1, -0.05) is 12.1 Å². The molecule has 12 heteroatoms. The fourth-order valence-electron chi connectivity index (χ4n) is 3.52. The summed E-state index contributed by atoms with van der Waals surface area (Å²) in [5.41, 5.74) is 0.946. The Hall–Kier alpha value is -3.27. The summed E-state index contributed by atoms with van der Waals surface area (Å²) in [6, 6.07) is 10.2. The number of nitrogens with two attached hydrogens (primary N) is 1. The number of aromatic nitrogens is 2. The standard InChI is InChI=1S/C22H20BrN5O5S/c1-28-18-15(17(23)11-27-20(18)33-12-22(6-7-22)34(25,31)32)8-16(21(28)30)19(29)26-10-14-4-2-13(9-24)3-5-14/h2-5,8,11H,6-7,10,12H2,1H3,(H,26,29)(H2,25,31,32). The van der Waals surface area contributed by atoms with Crippen LogP contribution >= 0.6 is 15.9 Å². The summed E-state index contributed by atoms with van der Waals surface area (Å²) in [4.78, 5) is 30.0. The number of pyridine rings is 2. The lowest BCUT2D eigenvalue weighted by molar-refractivity contribution is 0.0949. The number of sulfonamides is 1. The fourth-order valence-corrected chi connectivity index (χ4v) is 4.82. The first-order chi connectivity index (χ1) is 16.1. The molecular weight excluding hydrogens is 526 g/mol. The first-order valence-electron chi connectivity index (χ1n) is 10.2. The second kappa shape index (κ2) is 8.83. The van der Waals surface area contributed by atoms with Crippen LogP contribution in [0.15, 0.2) is 45.8 Å². The SMILES string of the molecule is Cn1c(=O)c(C(=O)NCc2ccc(C#N)cc2)cc2c(Br)cnc(OCC3(S(N)(=O)=O)CC3)c21. The van der Waals surface area contributed by atoms with Gasteiger partial charge >= 0.3 is 0 Å². The van der Waals surface area contributed by atoms with E-state index in [1.54, 1.807) is 24.3 Å². The van der Waals surface area contributed by atoms with Gasteiger partial charge in [-0.05, 0) is 52.5 Å². The Morgan fingerprint density at radius 2 is 2.03 bits per heavy atom. The zero-order chi connectivity index (χ0) is 24.7. The third-order valence-electron chi connectivity index (χ3n) is 5.83. The Bertz CT molecular complexity index is 1510. The number of ether oxygens (including phenoxy) is 1. The third-order valence-corrected chi connectivity index (χ3v) is 8.20. The van der Waals surface area contributed by atoms with Gasteiger partial charge in [-0.3, -0.25) is 9.59 Å². The quantitative estimate of drug-likeness (QED) is 0.457. The average Bonchev–Trinajstić information content (AvgIpc) is 3.61. The monoisotopic (exact) mass is 545 g/mol. The number of carbonyl (C=O) groups is 1. The number of halogens is 1. The number of fused-ring (bicyclic) bond motifs is 1. The molecule has 1 aliphatic carbocycles. The van der Waals surface area contributed by atoms with E-state index in [1.165, 1.54) is 23.9 Å². The van der Waals surface area contributed by atoms with Gasteiger partial charge in [0.1, 0.15) is 22.4 Å². The molecule has 0 spiro atoms. The summed E-state index contributed by atoms with van der Waals surface area (Å²) in [5.74, 6) is -0.499. The zero-order valence-electron chi connectivity index (χ0n) is 18.0. The number of carbonyl (C=O) groups excluding carboxylic acids is 1. The summed E-state index contributed by atoms with van der Waals surface area (Å²) in [5, 5.41) is 17.4. The lowest BCUT2D eigenvalue weighted by Crippen LogP contribution is -2.36. The van der Waals surface area contributed by atoms with Crippen LogP contribution < -0.4 is 20.8 Å². The second-order valence-electron chi connectivity index (χ2n) is 8.10. The maximum absolute atomic E-state index is 13.0. The Balaban J connectivity index is 1.63. The molecule has 0 atom stereocenters. The van der Waals surface area contributed by atoms with Gasteiger partial charge < -0.3 is 14.6 Å². The molecule has 0 bridgehead atoms. The number of rotatable bonds is 7. The van der Waals surface area contributed by atoms with E-state index in [9.17, 15) is 18.0 Å². The summed E-state index contributed by atoms with van der Waals surface area (Å²) in [7, 11) is -2.31. The van der Waals surface area contributed by atoms with Gasteiger partial charge in [0, 0.05) is 29.6 Å². The van der Waals surface area contributed by atoms with Crippen molar-refractivity contribution in [1.82, 2.24) is 14.9 Å². The van der Waals surface area contributed by atoms with Crippen molar-refractivity contribution in [2.45, 2.75) is 24.1 Å². The molecule has 1 saturated carbocycles. The highest BCUT2D eigenvalue weighted by Crippen LogP contribution is 2.42. The van der Waals surface area contributed by atoms with Crippen LogP contribution in [0.25, 0.3) is 10.9 Å². The lowest BCUT2D eigenvalue weighted by Gasteiger charge is -2.17. The molecule has 3 aromatic rings. The maximum atomic E-state index is 13.0. The number of nitrogens with zero attached hydrogens (tertiary/aromatic N) is 3. The topological polar surface area (TPSA) is 157 Å². The number of benzene rings is 1. The normalized spacial score (nSPS) is 14.4. The third kappa shape index (κ3) is 4.42. The van der Waals surface area contributed by atoms with Crippen LogP contribution in [0, 0.1) is 11.3 Å². The smallest absolute Gasteiger partial charge is 0.263 e. The Labute approximate surface area is 203 Å². The van der Waals surface area contributed by atoms with Gasteiger partial charge in [0.15, 0.2) is 0 Å². The highest BCUT2D eigenvalue weighted by Gasteiger charge is 2.54. The van der Waals surface area contributed by atoms with Crippen molar-refractivity contribution >= 4 is 42.8 Å². The van der Waals surface area contributed by atoms with Crippen molar-refractivity contribution in [3.8, 4) is 11.9 Å². The highest BCUT2D eigenvalue weighted by atomic mass is 79.9. The molecule has 0 aliphatic heterocycles. The summed E-state index contributed by atoms with van der Waals surface area (Å²) in [6.07, 6.45) is 2.24. The minimum Gasteiger partial charge on any atom is -0.474 e. The first kappa shape index (κ1) is 23.9. The van der Waals surface area contributed by atoms with Crippen LogP contribution in [0.5, 0.6) is 5.88 Å². The summed E-state index contributed by atoms with van der Waals surface area (Å²) in [6.45, 7) is -0.0101. The van der Waals surface area contributed by atoms with Crippen LogP contribution in [0.4, 0.5) is 0 Å². The van der Waals surface area contributed by atoms with Crippen molar-refractivity contribution in [2.24, 2.45) is 12.2 Å². The Kier molecular flexibility index (Phi) is 6.20. The minimum absolute atomic E-state index is 0.0669. The summed E-state index contributed by atoms with van der Waals surface area (Å²) < 4.78 is 30.0. The molecule has 176 valence electrons. The van der Waals surface area contributed by atoms with Crippen molar-refractivity contribution in [1.29, 1.82) is 5.26 Å². The first-order valence-corrected chi connectivity index (χ1v) is 12.5. The minimum atomic E-state index is -3.79. The van der Waals surface area contributed by atoms with Crippen LogP contribution in [-0.4, -0.2) is 35.2 Å². The second-order valence-corrected chi connectivity index (χ2v) is 10.9. The number of hydrogen-bond donors (Lipinski definition) is 2. The average molecular weight is 546 g/mol. The molecule has 2 heterocycles. The number of hydrogen-bond acceptors (Lipinski definition) is 7. The number of aryl methyl sites for hydroxylation is 1. The van der Waals surface area contributed by atoms with Crippen LogP contribution in [-0.2, 0) is 23.6 Å². The van der Waals surface area contributed by atoms with Crippen molar-refractivity contribution in [3.63, 3.8) is 0 Å². The molecule has 34 heavy (non-hydrogen) atoms. The van der Waals surface area contributed by atoms with E-state index in [1.807, 2.05) is 6.07 Å². The lowest BCUT2D eigenvalue weighted by atomic mass is 10.1. The number of nitrogens with one attached hydrogen (secondary N) is 1. The molecule has 3 N–H and O–H groups in total. The molecular formula is C22H20BrN5O5S. The molecule has 1 aromatic carbocycles. The van der Waals surface area contributed by atoms with Gasteiger partial charge in [0.25, 0.3) is 11.5 Å². The van der Waals surface area contributed by atoms with Gasteiger partial charge in [-0.15, -0.1) is 0 Å². The number of primary sulfonamides is 1. The van der Waals surface area contributed by atoms with Crippen molar-refractivity contribution in [2.75, 3.05) is 6.61 Å². The van der Waals surface area contributed by atoms with Crippen LogP contribution in [0.3, 0.4) is 0 Å². The molecule has 1 amide bonds. The number of amides is 1. The predicted octanol–water partition coefficient (Wildman–Crippen LogP) is 1.70. The van der Waals surface area contributed by atoms with Crippen molar-refractivity contribution < 1.29 is 17.9 Å². The summed E-state index contributed by atoms with van der Waals surface area (Å²) >= 11 is 3.39. The molecule has 4 rings (SSSR count). The van der Waals surface area contributed by atoms with E-state index in [-0.39, 0.29) is 24.6 Å². The van der Waals surface area contributed by atoms with Crippen molar-refractivity contribution in [3.05, 3.63) is 68.0 Å². The number of nitriles is 1. The fraction of sp³-hybridized carbons (Fsp3) is 0.273. The van der Waals surface area contributed by atoms with Gasteiger partial charge in [0.2, 0.25) is 15.9 Å². The predicted molar refractivity (Wildman–Crippen MR) is 128 cm³/mol. The van der Waals surface area contributed by atoms with Gasteiger partial charge in [-0.25, -0.2) is 18.5 Å². The molecule has 0 saturated heterocycles. The highest BCUT2D eigenvalue weighted by molar-refractivity contribution is 9.10. The molecule has 0 unspecified atom stereocenters. The molecule has 10 nitrogen and oxygen atoms in total. The van der Waals surface area contributed by atoms with Crippen LogP contribution in [0.1, 0.15) is 34.3 Å². The van der Waals surface area contributed by atoms with Gasteiger partial charge in [0.05, 0.1) is 11.6 Å². The van der Waals surface area contributed by atoms with Crippen LogP contribution in [0.2, 0.25) is 0 Å². The van der Waals surface area contributed by atoms with Gasteiger partial charge in [-0.2, -0.15) is 5.26 Å². The van der Waals surface area contributed by atoms with E-state index in [0.717, 1.165) is 5.56 Å². The van der Waals surface area contributed by atoms with E-state index in [4.69, 9.17) is 15.1 Å². The molecule has 1 fully saturated rings. The molecule has 2 aromatic heterocycles. The maximum Gasteiger partial charge on any atom is 0.263 e. The Morgan fingerprint density at radius 1 is 1.35 bits per heavy atom. The zero-order valence-corrected chi connectivity index (χ0v) is 20.4. The van der Waals surface area contributed by atoms with E-state index >= 15 is 0 Å². The van der Waals surface area contributed by atoms with E-state index in [2.05, 4.69) is 26.2 Å². The van der Waals surface area contributed by atoms with E-state index in [0.29, 0.717) is 33.8 Å².